The number of rotatable bonds is 3. The Morgan fingerprint density at radius 2 is 2.31 bits per heavy atom. The molecule has 1 rings (SSSR count). The number of nitrogens with zero attached hydrogens (tertiary/aromatic N) is 1. The van der Waals surface area contributed by atoms with Crippen molar-refractivity contribution in [2.24, 2.45) is 5.14 Å². The molecule has 0 amide bonds. The summed E-state index contributed by atoms with van der Waals surface area (Å²) in [5, 5.41) is 4.65. The van der Waals surface area contributed by atoms with Gasteiger partial charge in [0.2, 0.25) is 0 Å². The van der Waals surface area contributed by atoms with Gasteiger partial charge < -0.3 is 0 Å². The molecule has 0 aliphatic heterocycles. The summed E-state index contributed by atoms with van der Waals surface area (Å²) in [6.45, 7) is -0.118. The molecule has 2 N–H and O–H groups in total. The molecule has 1 aromatic heterocycles. The van der Waals surface area contributed by atoms with Crippen LogP contribution in [-0.2, 0) is 21.1 Å². The van der Waals surface area contributed by atoms with Gasteiger partial charge in [0.1, 0.15) is 4.60 Å². The summed E-state index contributed by atoms with van der Waals surface area (Å²) in [4.78, 5) is 3.88. The molecule has 0 aromatic carbocycles. The Bertz CT molecular complexity index is 393. The summed E-state index contributed by atoms with van der Waals surface area (Å²) in [7, 11) is -3.89. The van der Waals surface area contributed by atoms with Gasteiger partial charge in [0.25, 0.3) is 0 Å². The van der Waals surface area contributed by atoms with Crippen LogP contribution in [0.3, 0.4) is 0 Å². The highest BCUT2D eigenvalue weighted by Gasteiger charge is 2.05. The molecule has 0 saturated carbocycles. The summed E-state index contributed by atoms with van der Waals surface area (Å²) >= 11 is 3.14. The fraction of sp³-hybridized carbons (Fsp3) is 0.167. The van der Waals surface area contributed by atoms with Gasteiger partial charge in [-0.25, -0.2) is 10.1 Å². The maximum absolute atomic E-state index is 10.4. The van der Waals surface area contributed by atoms with Crippen LogP contribution in [0.25, 0.3) is 0 Å². The van der Waals surface area contributed by atoms with Crippen molar-refractivity contribution < 1.29 is 12.6 Å². The summed E-state index contributed by atoms with van der Waals surface area (Å²) in [5.74, 6) is 0. The van der Waals surface area contributed by atoms with Gasteiger partial charge in [-0.05, 0) is 22.0 Å². The van der Waals surface area contributed by atoms with E-state index in [4.69, 9.17) is 0 Å². The van der Waals surface area contributed by atoms with Crippen molar-refractivity contribution >= 4 is 26.2 Å². The molecule has 5 nitrogen and oxygen atoms in total. The highest BCUT2D eigenvalue weighted by Crippen LogP contribution is 2.13. The Morgan fingerprint density at radius 1 is 1.62 bits per heavy atom. The van der Waals surface area contributed by atoms with Crippen molar-refractivity contribution in [3.8, 4) is 0 Å². The van der Waals surface area contributed by atoms with Gasteiger partial charge in [-0.3, -0.25) is 4.18 Å². The summed E-state index contributed by atoms with van der Waals surface area (Å²) < 4.78 is 25.8. The zero-order valence-electron chi connectivity index (χ0n) is 6.47. The smallest absolute Gasteiger partial charge is 0.253 e. The molecular weight excluding hydrogens is 260 g/mol. The Hall–Kier alpha value is -0.500. The van der Waals surface area contributed by atoms with Crippen molar-refractivity contribution in [1.82, 2.24) is 4.98 Å². The third kappa shape index (κ3) is 3.81. The first-order valence-corrected chi connectivity index (χ1v) is 5.52. The molecular formula is C6H7BrN2O3S. The molecule has 72 valence electrons. The average molecular weight is 267 g/mol. The lowest BCUT2D eigenvalue weighted by Crippen LogP contribution is -2.15. The van der Waals surface area contributed by atoms with E-state index in [1.807, 2.05) is 0 Å². The van der Waals surface area contributed by atoms with E-state index in [1.54, 1.807) is 18.3 Å². The predicted octanol–water partition coefficient (Wildman–Crippen LogP) is 0.564. The second kappa shape index (κ2) is 4.14. The van der Waals surface area contributed by atoms with Crippen LogP contribution in [0.5, 0.6) is 0 Å². The van der Waals surface area contributed by atoms with E-state index in [0.29, 0.717) is 10.2 Å². The Labute approximate surface area is 84.3 Å². The fourth-order valence-corrected chi connectivity index (χ4v) is 1.33. The van der Waals surface area contributed by atoms with E-state index in [0.717, 1.165) is 0 Å². The van der Waals surface area contributed by atoms with Crippen molar-refractivity contribution in [1.29, 1.82) is 0 Å². The maximum atomic E-state index is 10.4. The third-order valence-corrected chi connectivity index (χ3v) is 2.38. The molecule has 0 radical (unpaired) electrons. The van der Waals surface area contributed by atoms with Crippen LogP contribution >= 0.6 is 15.9 Å². The van der Waals surface area contributed by atoms with Crippen molar-refractivity contribution in [3.63, 3.8) is 0 Å². The van der Waals surface area contributed by atoms with Crippen LogP contribution < -0.4 is 5.14 Å². The number of hydrogen-bond acceptors (Lipinski definition) is 4. The molecule has 1 aromatic rings. The lowest BCUT2D eigenvalue weighted by atomic mass is 10.3. The molecule has 0 atom stereocenters. The first-order chi connectivity index (χ1) is 5.99. The second-order valence-corrected chi connectivity index (χ2v) is 4.18. The van der Waals surface area contributed by atoms with Gasteiger partial charge in [0.05, 0.1) is 6.61 Å². The van der Waals surface area contributed by atoms with Gasteiger partial charge in [0, 0.05) is 11.8 Å². The van der Waals surface area contributed by atoms with Crippen molar-refractivity contribution in [2.75, 3.05) is 0 Å². The third-order valence-electron chi connectivity index (χ3n) is 1.22. The van der Waals surface area contributed by atoms with Gasteiger partial charge in [-0.1, -0.05) is 6.07 Å². The van der Waals surface area contributed by atoms with Gasteiger partial charge in [-0.2, -0.15) is 8.42 Å². The first-order valence-electron chi connectivity index (χ1n) is 3.25. The van der Waals surface area contributed by atoms with Crippen LogP contribution in [-0.4, -0.2) is 13.4 Å². The van der Waals surface area contributed by atoms with E-state index >= 15 is 0 Å². The zero-order valence-corrected chi connectivity index (χ0v) is 8.88. The van der Waals surface area contributed by atoms with E-state index in [9.17, 15) is 8.42 Å². The normalized spacial score (nSPS) is 11.5. The number of hydrogen-bond donors (Lipinski definition) is 1. The number of nitrogens with two attached hydrogens (primary N) is 1. The number of halogens is 1. The lowest BCUT2D eigenvalue weighted by molar-refractivity contribution is 0.307. The summed E-state index contributed by atoms with van der Waals surface area (Å²) in [6, 6.07) is 3.36. The fourth-order valence-electron chi connectivity index (χ4n) is 0.673. The highest BCUT2D eigenvalue weighted by molar-refractivity contribution is 9.10. The summed E-state index contributed by atoms with van der Waals surface area (Å²) in [5.41, 5.74) is 0.622. The molecule has 1 heterocycles. The van der Waals surface area contributed by atoms with E-state index in [-0.39, 0.29) is 6.61 Å². The topological polar surface area (TPSA) is 82.3 Å². The van der Waals surface area contributed by atoms with Gasteiger partial charge in [-0.15, -0.1) is 0 Å². The molecule has 0 spiro atoms. The SMILES string of the molecule is NS(=O)(=O)OCc1cccnc1Br. The molecule has 0 aliphatic carbocycles. The molecule has 0 saturated heterocycles. The predicted molar refractivity (Wildman–Crippen MR) is 49.8 cm³/mol. The Morgan fingerprint density at radius 3 is 2.85 bits per heavy atom. The number of aromatic nitrogens is 1. The molecule has 0 aliphatic rings. The Balaban J connectivity index is 2.71. The van der Waals surface area contributed by atoms with Crippen LogP contribution in [0.1, 0.15) is 5.56 Å². The first kappa shape index (κ1) is 10.6. The van der Waals surface area contributed by atoms with E-state index in [1.165, 1.54) is 0 Å². The lowest BCUT2D eigenvalue weighted by Gasteiger charge is -2.01. The molecule has 0 unspecified atom stereocenters. The molecule has 7 heteroatoms. The average Bonchev–Trinajstić information content (AvgIpc) is 2.01. The van der Waals surface area contributed by atoms with E-state index in [2.05, 4.69) is 30.2 Å². The minimum Gasteiger partial charge on any atom is -0.253 e. The van der Waals surface area contributed by atoms with E-state index < -0.39 is 10.3 Å². The zero-order chi connectivity index (χ0) is 9.90. The van der Waals surface area contributed by atoms with Crippen LogP contribution in [0.4, 0.5) is 0 Å². The largest absolute Gasteiger partial charge is 0.333 e. The molecule has 13 heavy (non-hydrogen) atoms. The van der Waals surface area contributed by atoms with Crippen LogP contribution in [0.15, 0.2) is 22.9 Å². The van der Waals surface area contributed by atoms with Crippen molar-refractivity contribution in [3.05, 3.63) is 28.5 Å². The van der Waals surface area contributed by atoms with Crippen LogP contribution in [0.2, 0.25) is 0 Å². The minimum atomic E-state index is -3.89. The highest BCUT2D eigenvalue weighted by atomic mass is 79.9. The second-order valence-electron chi connectivity index (χ2n) is 2.21. The number of pyridine rings is 1. The molecule has 0 fully saturated rings. The van der Waals surface area contributed by atoms with Crippen molar-refractivity contribution in [2.45, 2.75) is 6.61 Å². The standard InChI is InChI=1S/C6H7BrN2O3S/c7-6-5(2-1-3-9-6)4-12-13(8,10)11/h1-3H,4H2,(H2,8,10,11). The summed E-state index contributed by atoms with van der Waals surface area (Å²) in [6.07, 6.45) is 1.57. The maximum Gasteiger partial charge on any atom is 0.333 e. The molecule has 0 bridgehead atoms. The monoisotopic (exact) mass is 266 g/mol. The Kier molecular flexibility index (Phi) is 3.37. The quantitative estimate of drug-likeness (QED) is 0.811. The minimum absolute atomic E-state index is 0.118. The van der Waals surface area contributed by atoms with Crippen LogP contribution in [0, 0.1) is 0 Å². The van der Waals surface area contributed by atoms with Gasteiger partial charge in [0.15, 0.2) is 0 Å². The van der Waals surface area contributed by atoms with Gasteiger partial charge >= 0.3 is 10.3 Å².